The van der Waals surface area contributed by atoms with Crippen LogP contribution in [-0.4, -0.2) is 40.3 Å². The summed E-state index contributed by atoms with van der Waals surface area (Å²) in [7, 11) is 1.89. The van der Waals surface area contributed by atoms with Gasteiger partial charge in [0.15, 0.2) is 11.5 Å². The van der Waals surface area contributed by atoms with Gasteiger partial charge in [0.2, 0.25) is 0 Å². The van der Waals surface area contributed by atoms with E-state index >= 15 is 0 Å². The fourth-order valence-corrected chi connectivity index (χ4v) is 4.91. The smallest absolute Gasteiger partial charge is 0.276 e. The Morgan fingerprint density at radius 3 is 2.67 bits per heavy atom. The van der Waals surface area contributed by atoms with Crippen LogP contribution in [0, 0.1) is 3.57 Å². The van der Waals surface area contributed by atoms with Crippen molar-refractivity contribution >= 4 is 51.3 Å². The van der Waals surface area contributed by atoms with Crippen molar-refractivity contribution in [2.75, 3.05) is 5.32 Å². The topological polar surface area (TPSA) is 103 Å². The van der Waals surface area contributed by atoms with E-state index in [1.807, 2.05) is 37.5 Å². The molecule has 6 rings (SSSR count). The number of imidazole rings is 1. The summed E-state index contributed by atoms with van der Waals surface area (Å²) < 4.78 is 4.59. The number of aromatic nitrogens is 7. The van der Waals surface area contributed by atoms with Crippen LogP contribution in [0.2, 0.25) is 0 Å². The number of pyridine rings is 1. The van der Waals surface area contributed by atoms with Crippen LogP contribution in [0.4, 0.5) is 5.82 Å². The highest BCUT2D eigenvalue weighted by Crippen LogP contribution is 2.30. The van der Waals surface area contributed by atoms with Gasteiger partial charge in [-0.25, -0.2) is 14.5 Å². The first-order valence-corrected chi connectivity index (χ1v) is 12.8. The number of carbonyl (C=O) groups is 1. The second kappa shape index (κ2) is 9.24. The summed E-state index contributed by atoms with van der Waals surface area (Å²) in [5.41, 5.74) is 5.32. The maximum absolute atomic E-state index is 12.8. The number of thiazole rings is 1. The number of nitrogens with zero attached hydrogens (tertiary/aromatic N) is 7. The summed E-state index contributed by atoms with van der Waals surface area (Å²) in [6.07, 6.45) is 7.05. The van der Waals surface area contributed by atoms with Crippen LogP contribution < -0.4 is 5.32 Å². The number of rotatable bonds is 5. The molecule has 5 aromatic heterocycles. The maximum atomic E-state index is 12.8. The fourth-order valence-electron chi connectivity index (χ4n) is 3.76. The van der Waals surface area contributed by atoms with E-state index in [1.165, 1.54) is 11.3 Å². The minimum atomic E-state index is -0.335. The molecule has 0 saturated carbocycles. The first-order chi connectivity index (χ1) is 17.5. The van der Waals surface area contributed by atoms with Gasteiger partial charge in [-0.1, -0.05) is 12.1 Å². The zero-order chi connectivity index (χ0) is 24.6. The summed E-state index contributed by atoms with van der Waals surface area (Å²) in [5.74, 6) is 0.0582. The van der Waals surface area contributed by atoms with Gasteiger partial charge in [-0.2, -0.15) is 10.2 Å². The van der Waals surface area contributed by atoms with Crippen LogP contribution in [0.25, 0.3) is 38.7 Å². The molecule has 11 heteroatoms. The lowest BCUT2D eigenvalue weighted by molar-refractivity contribution is 0.102. The second-order valence-corrected chi connectivity index (χ2v) is 10.1. The van der Waals surface area contributed by atoms with Crippen molar-refractivity contribution in [1.82, 2.24) is 34.3 Å². The van der Waals surface area contributed by atoms with Gasteiger partial charge in [0, 0.05) is 51.3 Å². The van der Waals surface area contributed by atoms with E-state index in [-0.39, 0.29) is 5.91 Å². The molecule has 9 nitrogen and oxygen atoms in total. The molecule has 0 spiro atoms. The number of fused-ring (bicyclic) bond motifs is 1. The maximum Gasteiger partial charge on any atom is 0.276 e. The van der Waals surface area contributed by atoms with Crippen LogP contribution in [0.5, 0.6) is 0 Å². The highest BCUT2D eigenvalue weighted by atomic mass is 127. The Kier molecular flexibility index (Phi) is 5.77. The zero-order valence-corrected chi connectivity index (χ0v) is 21.8. The Labute approximate surface area is 223 Å². The summed E-state index contributed by atoms with van der Waals surface area (Å²) in [6, 6.07) is 15.7. The van der Waals surface area contributed by atoms with Crippen molar-refractivity contribution in [2.24, 2.45) is 7.05 Å². The lowest BCUT2D eigenvalue weighted by atomic mass is 10.1. The summed E-state index contributed by atoms with van der Waals surface area (Å²) >= 11 is 3.67. The van der Waals surface area contributed by atoms with Crippen LogP contribution in [0.1, 0.15) is 10.5 Å². The Morgan fingerprint density at radius 2 is 1.86 bits per heavy atom. The van der Waals surface area contributed by atoms with Crippen molar-refractivity contribution in [3.05, 3.63) is 88.0 Å². The van der Waals surface area contributed by atoms with E-state index in [1.54, 1.807) is 33.2 Å². The van der Waals surface area contributed by atoms with Gasteiger partial charge in [-0.05, 0) is 59.0 Å². The van der Waals surface area contributed by atoms with E-state index in [9.17, 15) is 4.79 Å². The molecule has 36 heavy (non-hydrogen) atoms. The minimum absolute atomic E-state index is 0.321. The molecule has 6 aromatic rings. The molecule has 5 heterocycles. The van der Waals surface area contributed by atoms with E-state index in [4.69, 9.17) is 5.10 Å². The van der Waals surface area contributed by atoms with Gasteiger partial charge in [0.25, 0.3) is 5.91 Å². The minimum Gasteiger partial charge on any atom is -0.304 e. The number of anilines is 1. The standard InChI is InChI=1S/C25H17IN8OS/c1-33-12-18(23(32-33)15-4-6-17(26)7-5-15)19-8-9-22-29-21(13-34(22)31-19)30-24(35)20-14-36-25(28-20)16-3-2-10-27-11-16/h2-14H,1H3,(H,30,35). The van der Waals surface area contributed by atoms with Gasteiger partial charge >= 0.3 is 0 Å². The molecule has 1 aromatic carbocycles. The van der Waals surface area contributed by atoms with E-state index < -0.39 is 0 Å². The molecule has 0 radical (unpaired) electrons. The quantitative estimate of drug-likeness (QED) is 0.273. The normalized spacial score (nSPS) is 11.2. The molecule has 0 aliphatic rings. The van der Waals surface area contributed by atoms with E-state index in [2.05, 4.69) is 72.2 Å². The van der Waals surface area contributed by atoms with Crippen molar-refractivity contribution in [3.63, 3.8) is 0 Å². The lowest BCUT2D eigenvalue weighted by Gasteiger charge is -2.03. The summed E-state index contributed by atoms with van der Waals surface area (Å²) in [6.45, 7) is 0. The highest BCUT2D eigenvalue weighted by molar-refractivity contribution is 14.1. The monoisotopic (exact) mass is 604 g/mol. The molecule has 176 valence electrons. The third-order valence-electron chi connectivity index (χ3n) is 5.43. The van der Waals surface area contributed by atoms with E-state index in [0.29, 0.717) is 17.2 Å². The Balaban J connectivity index is 1.27. The molecule has 0 aliphatic carbocycles. The summed E-state index contributed by atoms with van der Waals surface area (Å²) in [4.78, 5) is 25.8. The molecule has 0 atom stereocenters. The highest BCUT2D eigenvalue weighted by Gasteiger charge is 2.17. The van der Waals surface area contributed by atoms with Crippen LogP contribution >= 0.6 is 33.9 Å². The first kappa shape index (κ1) is 22.5. The lowest BCUT2D eigenvalue weighted by Crippen LogP contribution is -2.12. The number of amides is 1. The molecule has 0 aliphatic heterocycles. The third-order valence-corrected chi connectivity index (χ3v) is 7.04. The third kappa shape index (κ3) is 4.38. The zero-order valence-electron chi connectivity index (χ0n) is 18.8. The number of halogens is 1. The molecule has 1 N–H and O–H groups in total. The Bertz CT molecular complexity index is 1710. The fraction of sp³-hybridized carbons (Fsp3) is 0.0400. The van der Waals surface area contributed by atoms with Crippen molar-refractivity contribution in [1.29, 1.82) is 0 Å². The van der Waals surface area contributed by atoms with E-state index in [0.717, 1.165) is 36.7 Å². The van der Waals surface area contributed by atoms with Gasteiger partial charge < -0.3 is 5.32 Å². The average Bonchev–Trinajstić information content (AvgIpc) is 3.62. The molecule has 0 bridgehead atoms. The number of aryl methyl sites for hydroxylation is 1. The molecule has 1 amide bonds. The number of nitrogens with one attached hydrogen (secondary N) is 1. The molecular formula is C25H17IN8OS. The van der Waals surface area contributed by atoms with Gasteiger partial charge in [0.05, 0.1) is 11.9 Å². The van der Waals surface area contributed by atoms with Crippen molar-refractivity contribution in [2.45, 2.75) is 0 Å². The average molecular weight is 604 g/mol. The van der Waals surface area contributed by atoms with Gasteiger partial charge in [-0.3, -0.25) is 14.5 Å². The van der Waals surface area contributed by atoms with Crippen molar-refractivity contribution < 1.29 is 4.79 Å². The summed E-state index contributed by atoms with van der Waals surface area (Å²) in [5, 5.41) is 14.7. The molecule has 0 unspecified atom stereocenters. The van der Waals surface area contributed by atoms with Crippen LogP contribution in [0.15, 0.2) is 78.7 Å². The second-order valence-electron chi connectivity index (χ2n) is 7.95. The predicted octanol–water partition coefficient (Wildman–Crippen LogP) is 5.17. The van der Waals surface area contributed by atoms with Crippen LogP contribution in [-0.2, 0) is 7.05 Å². The first-order valence-electron chi connectivity index (χ1n) is 10.9. The largest absolute Gasteiger partial charge is 0.304 e. The Morgan fingerprint density at radius 1 is 1.00 bits per heavy atom. The predicted molar refractivity (Wildman–Crippen MR) is 147 cm³/mol. The number of carbonyl (C=O) groups excluding carboxylic acids is 1. The molecular weight excluding hydrogens is 587 g/mol. The SMILES string of the molecule is Cn1cc(-c2ccc3nc(NC(=O)c4csc(-c5cccnc5)n4)cn3n2)c(-c2ccc(I)cc2)n1. The number of benzene rings is 1. The van der Waals surface area contributed by atoms with Gasteiger partial charge in [0.1, 0.15) is 16.4 Å². The molecule has 0 saturated heterocycles. The number of hydrogen-bond acceptors (Lipinski definition) is 7. The molecule has 0 fully saturated rings. The Hall–Kier alpha value is -3.97. The number of hydrogen-bond donors (Lipinski definition) is 1. The van der Waals surface area contributed by atoms with Gasteiger partial charge in [-0.15, -0.1) is 11.3 Å². The van der Waals surface area contributed by atoms with Crippen LogP contribution in [0.3, 0.4) is 0 Å². The van der Waals surface area contributed by atoms with Crippen molar-refractivity contribution in [3.8, 4) is 33.1 Å².